The molecule has 1 atom stereocenters. The average Bonchev–Trinajstić information content (AvgIpc) is 1.90. The molecule has 0 saturated heterocycles. The van der Waals surface area contributed by atoms with Crippen LogP contribution < -0.4 is 0 Å². The molecule has 0 spiro atoms. The third kappa shape index (κ3) is 1.70. The van der Waals surface area contributed by atoms with Crippen LogP contribution in [0.5, 0.6) is 0 Å². The summed E-state index contributed by atoms with van der Waals surface area (Å²) in [4.78, 5) is 4.91. The van der Waals surface area contributed by atoms with Crippen LogP contribution in [0.3, 0.4) is 0 Å². The van der Waals surface area contributed by atoms with E-state index in [9.17, 15) is 0 Å². The third-order valence-electron chi connectivity index (χ3n) is 1.79. The lowest BCUT2D eigenvalue weighted by Crippen LogP contribution is -2.18. The molecule has 0 radical (unpaired) electrons. The maximum absolute atomic E-state index is 4.91. The normalized spacial score (nSPS) is 26.3. The first-order valence-electron chi connectivity index (χ1n) is 3.44. The van der Waals surface area contributed by atoms with E-state index < -0.39 is 0 Å². The quantitative estimate of drug-likeness (QED) is 0.525. The molecule has 52 valence electrons. The molecule has 0 saturated carbocycles. The van der Waals surface area contributed by atoms with Crippen LogP contribution in [0.4, 0.5) is 0 Å². The standard InChI is InChI=1S/C7H13NO/c1-6(2)7-3-4-8-9-5-7/h4,6-7H,3,5H2,1-2H3. The van der Waals surface area contributed by atoms with Gasteiger partial charge in [0.1, 0.15) is 6.61 Å². The Morgan fingerprint density at radius 3 is 2.78 bits per heavy atom. The van der Waals surface area contributed by atoms with Crippen LogP contribution in [0.15, 0.2) is 5.16 Å². The van der Waals surface area contributed by atoms with Crippen LogP contribution in [0.1, 0.15) is 20.3 Å². The lowest BCUT2D eigenvalue weighted by atomic mass is 9.94. The molecule has 1 rings (SSSR count). The molecular formula is C7H13NO. The van der Waals surface area contributed by atoms with Gasteiger partial charge < -0.3 is 4.84 Å². The Kier molecular flexibility index (Phi) is 2.09. The molecule has 1 unspecified atom stereocenters. The largest absolute Gasteiger partial charge is 0.396 e. The van der Waals surface area contributed by atoms with E-state index in [1.165, 1.54) is 0 Å². The van der Waals surface area contributed by atoms with Gasteiger partial charge in [0.2, 0.25) is 0 Å². The van der Waals surface area contributed by atoms with E-state index in [-0.39, 0.29) is 0 Å². The molecule has 0 bridgehead atoms. The van der Waals surface area contributed by atoms with Crippen molar-refractivity contribution >= 4 is 6.21 Å². The zero-order valence-electron chi connectivity index (χ0n) is 6.00. The Morgan fingerprint density at radius 2 is 2.44 bits per heavy atom. The Morgan fingerprint density at radius 1 is 1.67 bits per heavy atom. The van der Waals surface area contributed by atoms with Crippen molar-refractivity contribution in [3.63, 3.8) is 0 Å². The Bertz CT molecular complexity index is 109. The summed E-state index contributed by atoms with van der Waals surface area (Å²) in [6, 6.07) is 0. The van der Waals surface area contributed by atoms with Crippen molar-refractivity contribution in [2.75, 3.05) is 6.61 Å². The fraction of sp³-hybridized carbons (Fsp3) is 0.857. The van der Waals surface area contributed by atoms with E-state index in [1.807, 2.05) is 6.21 Å². The van der Waals surface area contributed by atoms with Crippen LogP contribution in [-0.4, -0.2) is 12.8 Å². The first kappa shape index (κ1) is 6.59. The predicted molar refractivity (Wildman–Crippen MR) is 37.4 cm³/mol. The molecule has 2 heteroatoms. The predicted octanol–water partition coefficient (Wildman–Crippen LogP) is 1.66. The van der Waals surface area contributed by atoms with Crippen molar-refractivity contribution in [3.05, 3.63) is 0 Å². The number of hydrogen-bond acceptors (Lipinski definition) is 2. The summed E-state index contributed by atoms with van der Waals surface area (Å²) in [7, 11) is 0. The second-order valence-electron chi connectivity index (χ2n) is 2.82. The van der Waals surface area contributed by atoms with Gasteiger partial charge in [0.25, 0.3) is 0 Å². The first-order valence-corrected chi connectivity index (χ1v) is 3.44. The Labute approximate surface area is 55.9 Å². The monoisotopic (exact) mass is 127 g/mol. The van der Waals surface area contributed by atoms with E-state index in [1.54, 1.807) is 0 Å². The summed E-state index contributed by atoms with van der Waals surface area (Å²) in [6.45, 7) is 5.23. The van der Waals surface area contributed by atoms with Gasteiger partial charge in [0.15, 0.2) is 0 Å². The highest BCUT2D eigenvalue weighted by Gasteiger charge is 2.14. The molecule has 0 aromatic rings. The van der Waals surface area contributed by atoms with Crippen LogP contribution in [0.25, 0.3) is 0 Å². The van der Waals surface area contributed by atoms with Gasteiger partial charge in [-0.3, -0.25) is 0 Å². The highest BCUT2D eigenvalue weighted by Crippen LogP contribution is 2.16. The van der Waals surface area contributed by atoms with Gasteiger partial charge >= 0.3 is 0 Å². The van der Waals surface area contributed by atoms with Gasteiger partial charge in [-0.05, 0) is 12.3 Å². The molecule has 0 N–H and O–H groups in total. The summed E-state index contributed by atoms with van der Waals surface area (Å²) in [5.41, 5.74) is 0. The van der Waals surface area contributed by atoms with Crippen LogP contribution in [0, 0.1) is 11.8 Å². The minimum absolute atomic E-state index is 0.683. The molecule has 2 nitrogen and oxygen atoms in total. The molecule has 1 aliphatic heterocycles. The number of oxime groups is 1. The van der Waals surface area contributed by atoms with Gasteiger partial charge in [0.05, 0.1) is 0 Å². The molecule has 0 aromatic heterocycles. The van der Waals surface area contributed by atoms with Crippen molar-refractivity contribution < 1.29 is 4.84 Å². The molecule has 0 amide bonds. The summed E-state index contributed by atoms with van der Waals surface area (Å²) in [5, 5.41) is 3.68. The zero-order valence-corrected chi connectivity index (χ0v) is 6.00. The number of rotatable bonds is 1. The second-order valence-corrected chi connectivity index (χ2v) is 2.82. The van der Waals surface area contributed by atoms with Gasteiger partial charge in [-0.15, -0.1) is 0 Å². The fourth-order valence-corrected chi connectivity index (χ4v) is 0.903. The van der Waals surface area contributed by atoms with Crippen LogP contribution in [-0.2, 0) is 4.84 Å². The lowest BCUT2D eigenvalue weighted by Gasteiger charge is -2.19. The van der Waals surface area contributed by atoms with Crippen molar-refractivity contribution in [1.82, 2.24) is 0 Å². The van der Waals surface area contributed by atoms with E-state index in [0.29, 0.717) is 5.92 Å². The van der Waals surface area contributed by atoms with Gasteiger partial charge in [-0.1, -0.05) is 19.0 Å². The van der Waals surface area contributed by atoms with Crippen molar-refractivity contribution in [2.24, 2.45) is 17.0 Å². The summed E-state index contributed by atoms with van der Waals surface area (Å²) >= 11 is 0. The minimum atomic E-state index is 0.683. The summed E-state index contributed by atoms with van der Waals surface area (Å²) in [5.74, 6) is 1.40. The molecule has 9 heavy (non-hydrogen) atoms. The number of hydrogen-bond donors (Lipinski definition) is 0. The van der Waals surface area contributed by atoms with Crippen molar-refractivity contribution in [1.29, 1.82) is 0 Å². The fourth-order valence-electron chi connectivity index (χ4n) is 0.903. The number of nitrogens with zero attached hydrogens (tertiary/aromatic N) is 1. The zero-order chi connectivity index (χ0) is 6.69. The molecule has 1 aliphatic rings. The maximum Gasteiger partial charge on any atom is 0.120 e. The van der Waals surface area contributed by atoms with Gasteiger partial charge in [-0.25, -0.2) is 0 Å². The first-order chi connectivity index (χ1) is 4.30. The SMILES string of the molecule is CC(C)C1CC=NOC1. The lowest BCUT2D eigenvalue weighted by molar-refractivity contribution is 0.0795. The molecule has 0 aliphatic carbocycles. The molecular weight excluding hydrogens is 114 g/mol. The van der Waals surface area contributed by atoms with E-state index in [0.717, 1.165) is 18.9 Å². The average molecular weight is 127 g/mol. The van der Waals surface area contributed by atoms with Gasteiger partial charge in [-0.2, -0.15) is 0 Å². The molecule has 0 aromatic carbocycles. The van der Waals surface area contributed by atoms with Gasteiger partial charge in [0, 0.05) is 12.1 Å². The van der Waals surface area contributed by atoms with Crippen LogP contribution >= 0.6 is 0 Å². The van der Waals surface area contributed by atoms with Crippen LogP contribution in [0.2, 0.25) is 0 Å². The smallest absolute Gasteiger partial charge is 0.120 e. The highest BCUT2D eigenvalue weighted by atomic mass is 16.6. The Hall–Kier alpha value is -0.530. The Balaban J connectivity index is 2.35. The van der Waals surface area contributed by atoms with E-state index in [2.05, 4.69) is 19.0 Å². The summed E-state index contributed by atoms with van der Waals surface area (Å²) in [6.07, 6.45) is 2.94. The molecule has 1 heterocycles. The topological polar surface area (TPSA) is 21.6 Å². The maximum atomic E-state index is 4.91. The van der Waals surface area contributed by atoms with Crippen molar-refractivity contribution in [2.45, 2.75) is 20.3 Å². The highest BCUT2D eigenvalue weighted by molar-refractivity contribution is 5.57. The summed E-state index contributed by atoms with van der Waals surface area (Å²) < 4.78 is 0. The van der Waals surface area contributed by atoms with E-state index >= 15 is 0 Å². The van der Waals surface area contributed by atoms with E-state index in [4.69, 9.17) is 4.84 Å². The minimum Gasteiger partial charge on any atom is -0.396 e. The molecule has 0 fully saturated rings. The third-order valence-corrected chi connectivity index (χ3v) is 1.79. The second kappa shape index (κ2) is 2.85. The van der Waals surface area contributed by atoms with Crippen molar-refractivity contribution in [3.8, 4) is 0 Å².